The third-order valence-electron chi connectivity index (χ3n) is 5.44. The molecule has 1 saturated heterocycles. The van der Waals surface area contributed by atoms with Crippen molar-refractivity contribution in [2.24, 2.45) is 0 Å². The van der Waals surface area contributed by atoms with Crippen LogP contribution in [-0.4, -0.2) is 47.7 Å². The van der Waals surface area contributed by atoms with Gasteiger partial charge >= 0.3 is 0 Å². The Morgan fingerprint density at radius 3 is 2.58 bits per heavy atom. The fraction of sp³-hybridized carbons (Fsp3) is 0.346. The van der Waals surface area contributed by atoms with E-state index >= 15 is 0 Å². The Hall–Kier alpha value is -2.92. The lowest BCUT2D eigenvalue weighted by molar-refractivity contribution is 0.0254. The number of hydrogen-bond donors (Lipinski definition) is 0. The summed E-state index contributed by atoms with van der Waals surface area (Å²) < 4.78 is 13.6. The first-order valence-corrected chi connectivity index (χ1v) is 12.0. The third kappa shape index (κ3) is 6.55. The van der Waals surface area contributed by atoms with Crippen LogP contribution in [0.25, 0.3) is 11.3 Å². The molecule has 0 bridgehead atoms. The molecule has 6 nitrogen and oxygen atoms in total. The Morgan fingerprint density at radius 1 is 1.09 bits per heavy atom. The second kappa shape index (κ2) is 11.3. The Labute approximate surface area is 199 Å². The molecule has 0 unspecified atom stereocenters. The normalized spacial score (nSPS) is 14.2. The van der Waals surface area contributed by atoms with E-state index in [0.29, 0.717) is 30.9 Å². The number of benzene rings is 2. The van der Waals surface area contributed by atoms with Crippen molar-refractivity contribution in [3.05, 3.63) is 77.2 Å². The summed E-state index contributed by atoms with van der Waals surface area (Å²) in [6.45, 7) is 1.40. The summed E-state index contributed by atoms with van der Waals surface area (Å²) in [6.07, 6.45) is 4.22. The molecule has 0 N–H and O–H groups in total. The summed E-state index contributed by atoms with van der Waals surface area (Å²) in [6, 6.07) is 18.4. The Balaban J connectivity index is 1.46. The van der Waals surface area contributed by atoms with Gasteiger partial charge in [-0.25, -0.2) is 9.97 Å². The van der Waals surface area contributed by atoms with Gasteiger partial charge in [-0.3, -0.25) is 4.31 Å². The van der Waals surface area contributed by atoms with Crippen LogP contribution in [0.3, 0.4) is 0 Å². The topological polar surface area (TPSA) is 71.3 Å². The van der Waals surface area contributed by atoms with Gasteiger partial charge in [0.15, 0.2) is 0 Å². The van der Waals surface area contributed by atoms with Gasteiger partial charge in [0.25, 0.3) is 0 Å². The van der Waals surface area contributed by atoms with Gasteiger partial charge in [-0.15, -0.1) is 0 Å². The van der Waals surface area contributed by atoms with E-state index in [1.165, 1.54) is 11.1 Å². The molecule has 0 radical (unpaired) electrons. The van der Waals surface area contributed by atoms with E-state index in [-0.39, 0.29) is 6.10 Å². The van der Waals surface area contributed by atoms with Crippen molar-refractivity contribution in [3.8, 4) is 23.1 Å². The van der Waals surface area contributed by atoms with Gasteiger partial charge in [-0.05, 0) is 49.5 Å². The largest absolute Gasteiger partial charge is 0.489 e. The molecule has 0 atom stereocenters. The van der Waals surface area contributed by atoms with Gasteiger partial charge in [0, 0.05) is 36.8 Å². The molecule has 2 heterocycles. The molecule has 7 heteroatoms. The fourth-order valence-corrected chi connectivity index (χ4v) is 4.24. The average molecular weight is 461 g/mol. The van der Waals surface area contributed by atoms with Crippen LogP contribution in [-0.2, 0) is 16.9 Å². The molecule has 0 saturated carbocycles. The van der Waals surface area contributed by atoms with Crippen molar-refractivity contribution >= 4 is 11.9 Å². The average Bonchev–Trinajstić information content (AvgIpc) is 2.84. The van der Waals surface area contributed by atoms with Crippen LogP contribution in [0.15, 0.2) is 54.7 Å². The van der Waals surface area contributed by atoms with Crippen molar-refractivity contribution in [1.29, 1.82) is 5.26 Å². The van der Waals surface area contributed by atoms with E-state index in [4.69, 9.17) is 14.5 Å². The molecular formula is C26H28N4O2S. The summed E-state index contributed by atoms with van der Waals surface area (Å²) >= 11 is 1.78. The highest BCUT2D eigenvalue weighted by Crippen LogP contribution is 2.27. The minimum atomic E-state index is 0.0928. The van der Waals surface area contributed by atoms with E-state index in [2.05, 4.69) is 53.7 Å². The van der Waals surface area contributed by atoms with Crippen molar-refractivity contribution in [2.75, 3.05) is 27.3 Å². The third-order valence-corrected chi connectivity index (χ3v) is 6.42. The monoisotopic (exact) mass is 460 g/mol. The number of nitrogens with zero attached hydrogens (tertiary/aromatic N) is 4. The summed E-state index contributed by atoms with van der Waals surface area (Å²) in [5.74, 6) is 2.33. The minimum absolute atomic E-state index is 0.0928. The Morgan fingerprint density at radius 2 is 1.85 bits per heavy atom. The lowest BCUT2D eigenvalue weighted by Crippen LogP contribution is -2.26. The van der Waals surface area contributed by atoms with E-state index in [1.807, 2.05) is 24.3 Å². The summed E-state index contributed by atoms with van der Waals surface area (Å²) in [7, 11) is 4.10. The maximum atomic E-state index is 9.67. The molecule has 33 heavy (non-hydrogen) atoms. The molecule has 0 spiro atoms. The highest BCUT2D eigenvalue weighted by molar-refractivity contribution is 7.96. The molecule has 1 aliphatic rings. The number of rotatable bonds is 8. The number of aromatic nitrogens is 2. The van der Waals surface area contributed by atoms with Crippen LogP contribution >= 0.6 is 11.9 Å². The van der Waals surface area contributed by atoms with Crippen LogP contribution in [0.2, 0.25) is 0 Å². The van der Waals surface area contributed by atoms with Gasteiger partial charge in [-0.1, -0.05) is 36.2 Å². The molecule has 170 valence electrons. The van der Waals surface area contributed by atoms with Crippen molar-refractivity contribution < 1.29 is 9.47 Å². The molecule has 0 amide bonds. The van der Waals surface area contributed by atoms with Gasteiger partial charge in [0.2, 0.25) is 0 Å². The highest BCUT2D eigenvalue weighted by atomic mass is 32.2. The van der Waals surface area contributed by atoms with Gasteiger partial charge in [0.1, 0.15) is 23.7 Å². The van der Waals surface area contributed by atoms with Crippen molar-refractivity contribution in [2.45, 2.75) is 31.1 Å². The molecule has 1 aromatic heterocycles. The zero-order chi connectivity index (χ0) is 23.0. The highest BCUT2D eigenvalue weighted by Gasteiger charge is 2.17. The summed E-state index contributed by atoms with van der Waals surface area (Å²) in [5.41, 5.74) is 4.66. The summed E-state index contributed by atoms with van der Waals surface area (Å²) in [5, 5.41) is 9.67. The van der Waals surface area contributed by atoms with Crippen LogP contribution in [0, 0.1) is 11.3 Å². The maximum Gasteiger partial charge on any atom is 0.137 e. The SMILES string of the molecule is CN(C)SCc1ccc(Cc2nccc(-c3ccc(OC4CCOCC4)c(C#N)c3)n2)cc1. The fourth-order valence-electron chi connectivity index (χ4n) is 3.64. The number of ether oxygens (including phenoxy) is 2. The predicted molar refractivity (Wildman–Crippen MR) is 131 cm³/mol. The second-order valence-electron chi connectivity index (χ2n) is 8.19. The molecular weight excluding hydrogens is 432 g/mol. The molecule has 4 rings (SSSR count). The molecule has 0 aliphatic carbocycles. The summed E-state index contributed by atoms with van der Waals surface area (Å²) in [4.78, 5) is 9.21. The first kappa shape index (κ1) is 23.2. The zero-order valence-electron chi connectivity index (χ0n) is 19.0. The lowest BCUT2D eigenvalue weighted by Gasteiger charge is -2.23. The lowest BCUT2D eigenvalue weighted by atomic mass is 10.1. The van der Waals surface area contributed by atoms with Gasteiger partial charge in [0.05, 0.1) is 24.5 Å². The van der Waals surface area contributed by atoms with Crippen LogP contribution in [0.5, 0.6) is 5.75 Å². The number of hydrogen-bond acceptors (Lipinski definition) is 7. The van der Waals surface area contributed by atoms with E-state index in [9.17, 15) is 5.26 Å². The van der Waals surface area contributed by atoms with E-state index < -0.39 is 0 Å². The molecule has 3 aromatic rings. The minimum Gasteiger partial charge on any atom is -0.489 e. The first-order valence-electron chi connectivity index (χ1n) is 11.1. The van der Waals surface area contributed by atoms with Gasteiger partial charge < -0.3 is 9.47 Å². The Bertz CT molecular complexity index is 1110. The standard InChI is InChI=1S/C26H28N4O2S/c1-30(2)33-18-20-5-3-19(4-6-20)15-26-28-12-9-24(29-26)21-7-8-25(22(16-21)17-27)32-23-10-13-31-14-11-23/h3-9,12,16,23H,10-11,13-15,18H2,1-2H3. The van der Waals surface area contributed by atoms with Crippen molar-refractivity contribution in [3.63, 3.8) is 0 Å². The zero-order valence-corrected chi connectivity index (χ0v) is 19.8. The maximum absolute atomic E-state index is 9.67. The smallest absolute Gasteiger partial charge is 0.137 e. The Kier molecular flexibility index (Phi) is 7.95. The second-order valence-corrected chi connectivity index (χ2v) is 9.47. The van der Waals surface area contributed by atoms with Crippen LogP contribution < -0.4 is 4.74 Å². The molecule has 2 aromatic carbocycles. The quantitative estimate of drug-likeness (QED) is 0.444. The van der Waals surface area contributed by atoms with Crippen molar-refractivity contribution in [1.82, 2.24) is 14.3 Å². The molecule has 1 fully saturated rings. The van der Waals surface area contributed by atoms with Crippen LogP contribution in [0.1, 0.15) is 35.4 Å². The van der Waals surface area contributed by atoms with Gasteiger partial charge in [-0.2, -0.15) is 5.26 Å². The van der Waals surface area contributed by atoms with E-state index in [1.54, 1.807) is 18.1 Å². The molecule has 1 aliphatic heterocycles. The first-order chi connectivity index (χ1) is 16.1. The van der Waals surface area contributed by atoms with E-state index in [0.717, 1.165) is 35.7 Å². The number of nitriles is 1. The van der Waals surface area contributed by atoms with Crippen LogP contribution in [0.4, 0.5) is 0 Å². The predicted octanol–water partition coefficient (Wildman–Crippen LogP) is 4.87.